The van der Waals surface area contributed by atoms with Crippen LogP contribution in [0, 0.1) is 0 Å². The van der Waals surface area contributed by atoms with Crippen LogP contribution in [0.1, 0.15) is 34.5 Å². The lowest BCUT2D eigenvalue weighted by molar-refractivity contribution is -0.120. The van der Waals surface area contributed by atoms with E-state index in [1.165, 1.54) is 0 Å². The normalized spacial score (nSPS) is 15.6. The van der Waals surface area contributed by atoms with E-state index in [1.807, 2.05) is 36.4 Å². The molecule has 1 amide bonds. The number of ether oxygens (including phenoxy) is 2. The van der Waals surface area contributed by atoms with Gasteiger partial charge in [-0.15, -0.1) is 0 Å². The number of carbonyl (C=O) groups excluding carboxylic acids is 2. The quantitative estimate of drug-likeness (QED) is 0.685. The van der Waals surface area contributed by atoms with Crippen molar-refractivity contribution in [2.24, 2.45) is 5.73 Å². The zero-order chi connectivity index (χ0) is 20.7. The molecule has 150 valence electrons. The lowest BCUT2D eigenvalue weighted by atomic mass is 9.88. The second kappa shape index (κ2) is 6.99. The molecule has 3 aromatic rings. The van der Waals surface area contributed by atoms with Crippen LogP contribution in [0.15, 0.2) is 60.8 Å². The molecular weight excluding hydrogens is 380 g/mol. The van der Waals surface area contributed by atoms with Gasteiger partial charge >= 0.3 is 0 Å². The number of primary amides is 1. The van der Waals surface area contributed by atoms with Gasteiger partial charge in [0.1, 0.15) is 5.78 Å². The number of nitrogens with two attached hydrogens (primary N) is 1. The topological polar surface area (TPSA) is 91.5 Å². The Morgan fingerprint density at radius 3 is 2.53 bits per heavy atom. The van der Waals surface area contributed by atoms with Crippen molar-refractivity contribution in [1.29, 1.82) is 0 Å². The summed E-state index contributed by atoms with van der Waals surface area (Å²) in [6.45, 7) is 0.221. The summed E-state index contributed by atoms with van der Waals surface area (Å²) in [5.74, 6) is 1.12. The zero-order valence-corrected chi connectivity index (χ0v) is 16.3. The van der Waals surface area contributed by atoms with Crippen LogP contribution in [0.4, 0.5) is 0 Å². The van der Waals surface area contributed by atoms with Crippen molar-refractivity contribution in [3.8, 4) is 22.6 Å². The number of nitrogens with zero attached hydrogens (tertiary/aromatic N) is 1. The average Bonchev–Trinajstić information content (AvgIpc) is 3.45. The van der Waals surface area contributed by atoms with Crippen LogP contribution in [-0.2, 0) is 16.6 Å². The Morgan fingerprint density at radius 2 is 1.80 bits per heavy atom. The SMILES string of the molecule is NC(=O)c1cccc(-c2ccc(CC(=O)C3(c4ccc5c(c4)OCO5)CC3)nc2)c1. The predicted octanol–water partition coefficient (Wildman–Crippen LogP) is 3.42. The molecule has 6 nitrogen and oxygen atoms in total. The summed E-state index contributed by atoms with van der Waals surface area (Å²) in [6.07, 6.45) is 3.67. The van der Waals surface area contributed by atoms with E-state index in [0.29, 0.717) is 11.3 Å². The molecule has 1 aliphatic carbocycles. The van der Waals surface area contributed by atoms with Gasteiger partial charge in [-0.1, -0.05) is 24.3 Å². The molecule has 2 aliphatic rings. The van der Waals surface area contributed by atoms with Crippen molar-refractivity contribution in [1.82, 2.24) is 4.98 Å². The fraction of sp³-hybridized carbons (Fsp3) is 0.208. The number of amides is 1. The summed E-state index contributed by atoms with van der Waals surface area (Å²) >= 11 is 0. The van der Waals surface area contributed by atoms with E-state index in [4.69, 9.17) is 15.2 Å². The maximum Gasteiger partial charge on any atom is 0.248 e. The van der Waals surface area contributed by atoms with Gasteiger partial charge in [0.05, 0.1) is 5.41 Å². The maximum atomic E-state index is 13.1. The summed E-state index contributed by atoms with van der Waals surface area (Å²) in [4.78, 5) is 29.0. The molecule has 2 N–H and O–H groups in total. The fourth-order valence-electron chi connectivity index (χ4n) is 3.93. The van der Waals surface area contributed by atoms with E-state index in [1.54, 1.807) is 24.4 Å². The van der Waals surface area contributed by atoms with Crippen molar-refractivity contribution in [3.05, 3.63) is 77.6 Å². The summed E-state index contributed by atoms with van der Waals surface area (Å²) in [7, 11) is 0. The van der Waals surface area contributed by atoms with Crippen LogP contribution in [0.25, 0.3) is 11.1 Å². The van der Waals surface area contributed by atoms with E-state index >= 15 is 0 Å². The highest BCUT2D eigenvalue weighted by Crippen LogP contribution is 2.51. The molecule has 0 bridgehead atoms. The van der Waals surface area contributed by atoms with Gasteiger partial charge in [0.25, 0.3) is 0 Å². The summed E-state index contributed by atoms with van der Waals surface area (Å²) < 4.78 is 10.8. The van der Waals surface area contributed by atoms with Gasteiger partial charge in [-0.3, -0.25) is 14.6 Å². The van der Waals surface area contributed by atoms with Crippen molar-refractivity contribution in [3.63, 3.8) is 0 Å². The number of hydrogen-bond donors (Lipinski definition) is 1. The minimum Gasteiger partial charge on any atom is -0.454 e. The minimum atomic E-state index is -0.467. The van der Waals surface area contributed by atoms with Crippen LogP contribution < -0.4 is 15.2 Å². The van der Waals surface area contributed by atoms with E-state index in [2.05, 4.69) is 4.98 Å². The predicted molar refractivity (Wildman–Crippen MR) is 110 cm³/mol. The van der Waals surface area contributed by atoms with Crippen molar-refractivity contribution in [2.45, 2.75) is 24.7 Å². The third-order valence-electron chi connectivity index (χ3n) is 5.86. The van der Waals surface area contributed by atoms with Crippen molar-refractivity contribution < 1.29 is 19.1 Å². The molecule has 0 radical (unpaired) electrons. The molecule has 5 rings (SSSR count). The molecule has 0 spiro atoms. The first-order valence-corrected chi connectivity index (χ1v) is 9.84. The molecule has 2 aromatic carbocycles. The van der Waals surface area contributed by atoms with Crippen LogP contribution in [-0.4, -0.2) is 23.5 Å². The molecule has 0 atom stereocenters. The number of aromatic nitrogens is 1. The molecule has 1 saturated carbocycles. The Morgan fingerprint density at radius 1 is 0.967 bits per heavy atom. The molecule has 6 heteroatoms. The molecular formula is C24H20N2O4. The number of rotatable bonds is 6. The molecule has 1 fully saturated rings. The molecule has 30 heavy (non-hydrogen) atoms. The van der Waals surface area contributed by atoms with Gasteiger partial charge in [0, 0.05) is 29.4 Å². The number of pyridine rings is 1. The second-order valence-corrected chi connectivity index (χ2v) is 7.73. The summed E-state index contributed by atoms with van der Waals surface area (Å²) in [5, 5.41) is 0. The monoisotopic (exact) mass is 400 g/mol. The van der Waals surface area contributed by atoms with E-state index in [-0.39, 0.29) is 19.0 Å². The third-order valence-corrected chi connectivity index (χ3v) is 5.86. The first kappa shape index (κ1) is 18.4. The third kappa shape index (κ3) is 3.20. The Kier molecular flexibility index (Phi) is 4.28. The van der Waals surface area contributed by atoms with Gasteiger partial charge in [-0.05, 0) is 54.3 Å². The summed E-state index contributed by atoms with van der Waals surface area (Å²) in [6, 6.07) is 16.6. The lowest BCUT2D eigenvalue weighted by Gasteiger charge is -2.15. The van der Waals surface area contributed by atoms with Gasteiger partial charge in [-0.2, -0.15) is 0 Å². The molecule has 1 aliphatic heterocycles. The fourth-order valence-corrected chi connectivity index (χ4v) is 3.93. The number of carbonyl (C=O) groups is 2. The Labute approximate surface area is 173 Å². The van der Waals surface area contributed by atoms with Crippen molar-refractivity contribution in [2.75, 3.05) is 6.79 Å². The second-order valence-electron chi connectivity index (χ2n) is 7.73. The first-order chi connectivity index (χ1) is 14.5. The average molecular weight is 400 g/mol. The van der Waals surface area contributed by atoms with Crippen molar-refractivity contribution >= 4 is 11.7 Å². The first-order valence-electron chi connectivity index (χ1n) is 9.84. The van der Waals surface area contributed by atoms with Crippen LogP contribution >= 0.6 is 0 Å². The van der Waals surface area contributed by atoms with Crippen LogP contribution in [0.3, 0.4) is 0 Å². The van der Waals surface area contributed by atoms with Crippen LogP contribution in [0.2, 0.25) is 0 Å². The van der Waals surface area contributed by atoms with E-state index in [9.17, 15) is 9.59 Å². The molecule has 2 heterocycles. The number of benzene rings is 2. The number of fused-ring (bicyclic) bond motifs is 1. The smallest absolute Gasteiger partial charge is 0.248 e. The van der Waals surface area contributed by atoms with E-state index in [0.717, 1.165) is 41.0 Å². The largest absolute Gasteiger partial charge is 0.454 e. The number of Topliss-reactive ketones (excluding diaryl/α,β-unsaturated/α-hetero) is 1. The number of hydrogen-bond acceptors (Lipinski definition) is 5. The highest BCUT2D eigenvalue weighted by atomic mass is 16.7. The molecule has 1 aromatic heterocycles. The molecule has 0 saturated heterocycles. The maximum absolute atomic E-state index is 13.1. The van der Waals surface area contributed by atoms with Gasteiger partial charge < -0.3 is 15.2 Å². The van der Waals surface area contributed by atoms with Gasteiger partial charge in [0.15, 0.2) is 11.5 Å². The van der Waals surface area contributed by atoms with Crippen LogP contribution in [0.5, 0.6) is 11.5 Å². The Hall–Kier alpha value is -3.67. The van der Waals surface area contributed by atoms with Gasteiger partial charge in [0.2, 0.25) is 12.7 Å². The zero-order valence-electron chi connectivity index (χ0n) is 16.3. The molecule has 0 unspecified atom stereocenters. The Bertz CT molecular complexity index is 1150. The highest BCUT2D eigenvalue weighted by Gasteiger charge is 2.50. The highest BCUT2D eigenvalue weighted by molar-refractivity contribution is 5.95. The standard InChI is InChI=1S/C24H20N2O4/c25-23(28)16-3-1-2-15(10-16)17-4-6-19(26-13-17)12-22(27)24(8-9-24)18-5-7-20-21(11-18)30-14-29-20/h1-7,10-11,13H,8-9,12,14H2,(H2,25,28). The lowest BCUT2D eigenvalue weighted by Crippen LogP contribution is -2.22. The number of ketones is 1. The van der Waals surface area contributed by atoms with E-state index < -0.39 is 11.3 Å². The summed E-state index contributed by atoms with van der Waals surface area (Å²) in [5.41, 5.74) is 8.79. The van der Waals surface area contributed by atoms with Gasteiger partial charge in [-0.25, -0.2) is 0 Å². The minimum absolute atomic E-state index is 0.164. The Balaban J connectivity index is 1.33.